The van der Waals surface area contributed by atoms with Crippen molar-refractivity contribution in [2.45, 2.75) is 13.5 Å². The summed E-state index contributed by atoms with van der Waals surface area (Å²) in [6.45, 7) is 2.01. The summed E-state index contributed by atoms with van der Waals surface area (Å²) in [6, 6.07) is 13.3. The van der Waals surface area contributed by atoms with Crippen molar-refractivity contribution in [3.05, 3.63) is 74.7 Å². The van der Waals surface area contributed by atoms with E-state index in [1.165, 1.54) is 0 Å². The van der Waals surface area contributed by atoms with Gasteiger partial charge in [-0.15, -0.1) is 0 Å². The molecule has 32 heavy (non-hydrogen) atoms. The van der Waals surface area contributed by atoms with Crippen LogP contribution in [0.25, 0.3) is 17.0 Å². The van der Waals surface area contributed by atoms with E-state index in [2.05, 4.69) is 0 Å². The molecule has 2 heterocycles. The number of carbonyl (C=O) groups excluding carboxylic acids is 3. The molecule has 0 spiro atoms. The standard InChI is InChI=1S/C23H18Cl2N2O4S/c1-2-31-21(28)13-27-22(29)20(32-23(27)30)10-15-12-26(19-6-4-3-5-16(15)19)11-14-7-8-17(24)18(25)9-14/h3-10,12H,2,11,13H2,1H3/b20-10+. The molecule has 164 valence electrons. The van der Waals surface area contributed by atoms with Gasteiger partial charge in [0.2, 0.25) is 0 Å². The predicted octanol–water partition coefficient (Wildman–Crippen LogP) is 5.60. The Morgan fingerprint density at radius 1 is 1.12 bits per heavy atom. The smallest absolute Gasteiger partial charge is 0.326 e. The van der Waals surface area contributed by atoms with Gasteiger partial charge in [0.1, 0.15) is 6.54 Å². The summed E-state index contributed by atoms with van der Waals surface area (Å²) in [5.41, 5.74) is 2.74. The summed E-state index contributed by atoms with van der Waals surface area (Å²) < 4.78 is 6.90. The highest BCUT2D eigenvalue weighted by Gasteiger charge is 2.36. The zero-order valence-electron chi connectivity index (χ0n) is 17.0. The van der Waals surface area contributed by atoms with E-state index in [9.17, 15) is 14.4 Å². The number of benzene rings is 2. The summed E-state index contributed by atoms with van der Waals surface area (Å²) in [5, 5.41) is 1.42. The molecule has 3 aromatic rings. The van der Waals surface area contributed by atoms with Crippen LogP contribution in [0.4, 0.5) is 4.79 Å². The molecule has 1 aromatic heterocycles. The average molecular weight is 489 g/mol. The Bertz CT molecular complexity index is 1270. The van der Waals surface area contributed by atoms with Crippen molar-refractivity contribution in [1.29, 1.82) is 0 Å². The number of nitrogens with zero attached hydrogens (tertiary/aromatic N) is 2. The first-order chi connectivity index (χ1) is 15.4. The van der Waals surface area contributed by atoms with Gasteiger partial charge >= 0.3 is 5.97 Å². The Morgan fingerprint density at radius 3 is 2.66 bits per heavy atom. The SMILES string of the molecule is CCOC(=O)CN1C(=O)S/C(=C/c2cn(Cc3ccc(Cl)c(Cl)c3)c3ccccc23)C1=O. The summed E-state index contributed by atoms with van der Waals surface area (Å²) in [7, 11) is 0. The van der Waals surface area contributed by atoms with Crippen LogP contribution < -0.4 is 0 Å². The number of fused-ring (bicyclic) bond motifs is 1. The van der Waals surface area contributed by atoms with Crippen LogP contribution in [-0.2, 0) is 20.9 Å². The lowest BCUT2D eigenvalue weighted by atomic mass is 10.1. The van der Waals surface area contributed by atoms with E-state index in [0.717, 1.165) is 38.7 Å². The van der Waals surface area contributed by atoms with Crippen LogP contribution in [0.1, 0.15) is 18.1 Å². The van der Waals surface area contributed by atoms with E-state index in [1.807, 2.05) is 47.2 Å². The second kappa shape index (κ2) is 9.40. The number of thioether (sulfide) groups is 1. The van der Waals surface area contributed by atoms with Gasteiger partial charge in [-0.3, -0.25) is 19.3 Å². The third-order valence-electron chi connectivity index (χ3n) is 4.91. The maximum absolute atomic E-state index is 12.7. The minimum absolute atomic E-state index is 0.184. The topological polar surface area (TPSA) is 68.6 Å². The number of halogens is 2. The van der Waals surface area contributed by atoms with Gasteiger partial charge in [0, 0.05) is 29.2 Å². The summed E-state index contributed by atoms with van der Waals surface area (Å²) >= 11 is 13.0. The molecule has 0 saturated carbocycles. The second-order valence-electron chi connectivity index (χ2n) is 7.05. The second-order valence-corrected chi connectivity index (χ2v) is 8.86. The monoisotopic (exact) mass is 488 g/mol. The zero-order chi connectivity index (χ0) is 22.8. The first-order valence-electron chi connectivity index (χ1n) is 9.80. The minimum atomic E-state index is -0.616. The fourth-order valence-corrected chi connectivity index (χ4v) is 4.62. The van der Waals surface area contributed by atoms with Gasteiger partial charge in [-0.1, -0.05) is 47.5 Å². The Labute approximate surface area is 198 Å². The maximum atomic E-state index is 12.7. The normalized spacial score (nSPS) is 15.2. The molecule has 1 aliphatic rings. The molecule has 9 heteroatoms. The number of hydrogen-bond donors (Lipinski definition) is 0. The van der Waals surface area contributed by atoms with E-state index in [0.29, 0.717) is 16.6 Å². The fraction of sp³-hybridized carbons (Fsp3) is 0.174. The Hall–Kier alpha value is -2.74. The number of ether oxygens (including phenoxy) is 1. The van der Waals surface area contributed by atoms with Gasteiger partial charge in [0.05, 0.1) is 21.6 Å². The van der Waals surface area contributed by atoms with Crippen LogP contribution >= 0.6 is 35.0 Å². The quantitative estimate of drug-likeness (QED) is 0.333. The lowest BCUT2D eigenvalue weighted by Gasteiger charge is -2.10. The van der Waals surface area contributed by atoms with Gasteiger partial charge in [-0.05, 0) is 48.5 Å². The predicted molar refractivity (Wildman–Crippen MR) is 127 cm³/mol. The number of rotatable bonds is 6. The Kier molecular flexibility index (Phi) is 6.60. The molecule has 4 rings (SSSR count). The van der Waals surface area contributed by atoms with Crippen LogP contribution in [-0.4, -0.2) is 39.7 Å². The van der Waals surface area contributed by atoms with Crippen molar-refractivity contribution in [3.8, 4) is 0 Å². The zero-order valence-corrected chi connectivity index (χ0v) is 19.3. The number of para-hydroxylation sites is 1. The number of aromatic nitrogens is 1. The van der Waals surface area contributed by atoms with Crippen molar-refractivity contribution in [2.75, 3.05) is 13.2 Å². The molecule has 1 aliphatic heterocycles. The molecular weight excluding hydrogens is 471 g/mol. The highest BCUT2D eigenvalue weighted by Crippen LogP contribution is 2.34. The maximum Gasteiger partial charge on any atom is 0.326 e. The van der Waals surface area contributed by atoms with Gasteiger partial charge in [-0.25, -0.2) is 0 Å². The number of carbonyl (C=O) groups is 3. The van der Waals surface area contributed by atoms with Gasteiger partial charge in [-0.2, -0.15) is 0 Å². The number of esters is 1. The van der Waals surface area contributed by atoms with E-state index >= 15 is 0 Å². The molecule has 2 aromatic carbocycles. The first kappa shape index (κ1) is 22.5. The third-order valence-corrected chi connectivity index (χ3v) is 6.56. The lowest BCUT2D eigenvalue weighted by molar-refractivity contribution is -0.145. The van der Waals surface area contributed by atoms with Crippen molar-refractivity contribution in [2.24, 2.45) is 0 Å². The van der Waals surface area contributed by atoms with Crippen LogP contribution in [0.3, 0.4) is 0 Å². The number of imide groups is 1. The Morgan fingerprint density at radius 2 is 1.91 bits per heavy atom. The summed E-state index contributed by atoms with van der Waals surface area (Å²) in [5.74, 6) is -1.12. The van der Waals surface area contributed by atoms with Crippen molar-refractivity contribution < 1.29 is 19.1 Å². The Balaban J connectivity index is 1.66. The largest absolute Gasteiger partial charge is 0.465 e. The third kappa shape index (κ3) is 4.55. The van der Waals surface area contributed by atoms with E-state index in [1.54, 1.807) is 19.1 Å². The molecule has 1 fully saturated rings. The molecule has 1 saturated heterocycles. The molecule has 0 bridgehead atoms. The number of amides is 2. The molecule has 0 N–H and O–H groups in total. The van der Waals surface area contributed by atoms with Crippen LogP contribution in [0, 0.1) is 0 Å². The highest BCUT2D eigenvalue weighted by molar-refractivity contribution is 8.18. The fourth-order valence-electron chi connectivity index (χ4n) is 3.47. The van der Waals surface area contributed by atoms with Crippen molar-refractivity contribution in [1.82, 2.24) is 9.47 Å². The van der Waals surface area contributed by atoms with Gasteiger partial charge in [0.15, 0.2) is 0 Å². The van der Waals surface area contributed by atoms with Gasteiger partial charge in [0.25, 0.3) is 11.1 Å². The average Bonchev–Trinajstić information content (AvgIpc) is 3.23. The van der Waals surface area contributed by atoms with E-state index in [-0.39, 0.29) is 11.5 Å². The summed E-state index contributed by atoms with van der Waals surface area (Å²) in [6.07, 6.45) is 3.61. The highest BCUT2D eigenvalue weighted by atomic mass is 35.5. The van der Waals surface area contributed by atoms with Crippen LogP contribution in [0.5, 0.6) is 0 Å². The number of hydrogen-bond acceptors (Lipinski definition) is 5. The lowest BCUT2D eigenvalue weighted by Crippen LogP contribution is -2.34. The minimum Gasteiger partial charge on any atom is -0.465 e. The molecule has 0 aliphatic carbocycles. The molecular formula is C23H18Cl2N2O4S. The van der Waals surface area contributed by atoms with Gasteiger partial charge < -0.3 is 9.30 Å². The van der Waals surface area contributed by atoms with Crippen LogP contribution in [0.15, 0.2) is 53.6 Å². The van der Waals surface area contributed by atoms with E-state index in [4.69, 9.17) is 27.9 Å². The molecule has 6 nitrogen and oxygen atoms in total. The molecule has 2 amide bonds. The van der Waals surface area contributed by atoms with Crippen molar-refractivity contribution in [3.63, 3.8) is 0 Å². The molecule has 0 atom stereocenters. The molecule has 0 radical (unpaired) electrons. The van der Waals surface area contributed by atoms with Crippen molar-refractivity contribution >= 4 is 69.1 Å². The first-order valence-corrected chi connectivity index (χ1v) is 11.4. The van der Waals surface area contributed by atoms with Crippen LogP contribution in [0.2, 0.25) is 10.0 Å². The van der Waals surface area contributed by atoms with E-state index < -0.39 is 23.7 Å². The molecule has 0 unspecified atom stereocenters. The summed E-state index contributed by atoms with van der Waals surface area (Å²) in [4.78, 5) is 37.9.